The highest BCUT2D eigenvalue weighted by Crippen LogP contribution is 2.27. The molecule has 0 unspecified atom stereocenters. The SMILES string of the molecule is COc1ccc(CCNc2nccc(C(=O)Nc3ccccc3F)n2)cc1OC. The standard InChI is InChI=1S/C21H21FN4O3/c1-28-18-8-7-14(13-19(18)29-2)9-11-23-21-24-12-10-17(26-21)20(27)25-16-6-4-3-5-15(16)22/h3-8,10,12-13H,9,11H2,1-2H3,(H,25,27)(H,23,24,26). The van der Waals surface area contributed by atoms with Crippen LogP contribution in [0.2, 0.25) is 0 Å². The van der Waals surface area contributed by atoms with Gasteiger partial charge in [-0.25, -0.2) is 14.4 Å². The van der Waals surface area contributed by atoms with Gasteiger partial charge in [0.1, 0.15) is 11.5 Å². The molecule has 1 amide bonds. The van der Waals surface area contributed by atoms with Crippen molar-refractivity contribution in [2.75, 3.05) is 31.4 Å². The molecule has 3 rings (SSSR count). The molecular formula is C21H21FN4O3. The van der Waals surface area contributed by atoms with Crippen LogP contribution in [-0.4, -0.2) is 36.6 Å². The lowest BCUT2D eigenvalue weighted by Gasteiger charge is -2.10. The Bertz CT molecular complexity index is 997. The first kappa shape index (κ1) is 20.1. The largest absolute Gasteiger partial charge is 0.493 e. The summed E-state index contributed by atoms with van der Waals surface area (Å²) in [6.45, 7) is 0.549. The molecule has 0 radical (unpaired) electrons. The van der Waals surface area contributed by atoms with Crippen molar-refractivity contribution in [2.24, 2.45) is 0 Å². The number of para-hydroxylation sites is 1. The average Bonchev–Trinajstić information content (AvgIpc) is 2.75. The van der Waals surface area contributed by atoms with E-state index in [0.717, 1.165) is 5.56 Å². The van der Waals surface area contributed by atoms with Crippen molar-refractivity contribution >= 4 is 17.5 Å². The van der Waals surface area contributed by atoms with Crippen LogP contribution in [-0.2, 0) is 6.42 Å². The number of benzene rings is 2. The van der Waals surface area contributed by atoms with Crippen LogP contribution >= 0.6 is 0 Å². The molecular weight excluding hydrogens is 375 g/mol. The molecule has 150 valence electrons. The van der Waals surface area contributed by atoms with Crippen LogP contribution in [0.1, 0.15) is 16.1 Å². The number of ether oxygens (including phenoxy) is 2. The normalized spacial score (nSPS) is 10.3. The molecule has 1 aromatic heterocycles. The topological polar surface area (TPSA) is 85.4 Å². The maximum Gasteiger partial charge on any atom is 0.274 e. The number of anilines is 2. The number of aromatic nitrogens is 2. The summed E-state index contributed by atoms with van der Waals surface area (Å²) in [5, 5.41) is 5.58. The number of rotatable bonds is 8. The second-order valence-electron chi connectivity index (χ2n) is 6.07. The maximum absolute atomic E-state index is 13.7. The summed E-state index contributed by atoms with van der Waals surface area (Å²) in [6, 6.07) is 13.1. The van der Waals surface area contributed by atoms with Gasteiger partial charge in [-0.3, -0.25) is 4.79 Å². The number of hydrogen-bond acceptors (Lipinski definition) is 6. The van der Waals surface area contributed by atoms with E-state index in [4.69, 9.17) is 9.47 Å². The first-order chi connectivity index (χ1) is 14.1. The lowest BCUT2D eigenvalue weighted by atomic mass is 10.1. The summed E-state index contributed by atoms with van der Waals surface area (Å²) in [6.07, 6.45) is 2.16. The van der Waals surface area contributed by atoms with Crippen LogP contribution in [0.3, 0.4) is 0 Å². The van der Waals surface area contributed by atoms with Crippen molar-refractivity contribution in [3.63, 3.8) is 0 Å². The third-order valence-electron chi connectivity index (χ3n) is 4.16. The van der Waals surface area contributed by atoms with E-state index in [9.17, 15) is 9.18 Å². The molecule has 2 aromatic carbocycles. The van der Waals surface area contributed by atoms with Gasteiger partial charge in [0, 0.05) is 12.7 Å². The fourth-order valence-electron chi connectivity index (χ4n) is 2.67. The third kappa shape index (κ3) is 5.19. The highest BCUT2D eigenvalue weighted by molar-refractivity contribution is 6.03. The van der Waals surface area contributed by atoms with Crippen molar-refractivity contribution in [2.45, 2.75) is 6.42 Å². The van der Waals surface area contributed by atoms with Gasteiger partial charge < -0.3 is 20.1 Å². The van der Waals surface area contributed by atoms with Crippen molar-refractivity contribution < 1.29 is 18.7 Å². The van der Waals surface area contributed by atoms with E-state index in [2.05, 4.69) is 20.6 Å². The van der Waals surface area contributed by atoms with Gasteiger partial charge in [-0.15, -0.1) is 0 Å². The van der Waals surface area contributed by atoms with Crippen LogP contribution in [0.25, 0.3) is 0 Å². The van der Waals surface area contributed by atoms with Crippen molar-refractivity contribution in [3.8, 4) is 11.5 Å². The van der Waals surface area contributed by atoms with Crippen molar-refractivity contribution in [3.05, 3.63) is 71.8 Å². The van der Waals surface area contributed by atoms with E-state index in [1.165, 1.54) is 24.4 Å². The zero-order valence-corrected chi connectivity index (χ0v) is 16.1. The zero-order chi connectivity index (χ0) is 20.6. The van der Waals surface area contributed by atoms with Crippen molar-refractivity contribution in [1.82, 2.24) is 9.97 Å². The molecule has 0 atom stereocenters. The van der Waals surface area contributed by atoms with Gasteiger partial charge in [-0.2, -0.15) is 0 Å². The Morgan fingerprint density at radius 1 is 1.07 bits per heavy atom. The molecule has 0 aliphatic heterocycles. The lowest BCUT2D eigenvalue weighted by Crippen LogP contribution is -2.16. The number of hydrogen-bond donors (Lipinski definition) is 2. The second-order valence-corrected chi connectivity index (χ2v) is 6.07. The minimum Gasteiger partial charge on any atom is -0.493 e. The van der Waals surface area contributed by atoms with Crippen LogP contribution in [0, 0.1) is 5.82 Å². The molecule has 8 heteroatoms. The summed E-state index contributed by atoms with van der Waals surface area (Å²) in [7, 11) is 3.18. The smallest absolute Gasteiger partial charge is 0.274 e. The average molecular weight is 396 g/mol. The van der Waals surface area contributed by atoms with E-state index in [-0.39, 0.29) is 11.4 Å². The Kier molecular flexibility index (Phi) is 6.57. The first-order valence-electron chi connectivity index (χ1n) is 8.94. The van der Waals surface area contributed by atoms with E-state index < -0.39 is 11.7 Å². The highest BCUT2D eigenvalue weighted by atomic mass is 19.1. The Morgan fingerprint density at radius 3 is 2.62 bits per heavy atom. The summed E-state index contributed by atoms with van der Waals surface area (Å²) in [5.74, 6) is 0.615. The monoisotopic (exact) mass is 396 g/mol. The summed E-state index contributed by atoms with van der Waals surface area (Å²) in [4.78, 5) is 20.6. The Hall–Kier alpha value is -3.68. The Labute approximate surface area is 167 Å². The molecule has 3 aromatic rings. The van der Waals surface area contributed by atoms with Crippen molar-refractivity contribution in [1.29, 1.82) is 0 Å². The number of nitrogens with zero attached hydrogens (tertiary/aromatic N) is 2. The van der Waals surface area contributed by atoms with Crippen LogP contribution in [0.15, 0.2) is 54.7 Å². The molecule has 7 nitrogen and oxygen atoms in total. The summed E-state index contributed by atoms with van der Waals surface area (Å²) in [5.41, 5.74) is 1.28. The predicted octanol–water partition coefficient (Wildman–Crippen LogP) is 3.54. The second kappa shape index (κ2) is 9.50. The van der Waals surface area contributed by atoms with E-state index in [1.54, 1.807) is 26.4 Å². The molecule has 2 N–H and O–H groups in total. The highest BCUT2D eigenvalue weighted by Gasteiger charge is 2.11. The summed E-state index contributed by atoms with van der Waals surface area (Å²) < 4.78 is 24.2. The fourth-order valence-corrected chi connectivity index (χ4v) is 2.67. The Morgan fingerprint density at radius 2 is 1.86 bits per heavy atom. The number of amides is 1. The third-order valence-corrected chi connectivity index (χ3v) is 4.16. The molecule has 0 bridgehead atoms. The van der Waals surface area contributed by atoms with Gasteiger partial charge in [-0.1, -0.05) is 18.2 Å². The molecule has 0 saturated heterocycles. The predicted molar refractivity (Wildman–Crippen MR) is 108 cm³/mol. The van der Waals surface area contributed by atoms with E-state index in [1.807, 2.05) is 18.2 Å². The first-order valence-corrected chi connectivity index (χ1v) is 8.94. The van der Waals surface area contributed by atoms with Gasteiger partial charge in [0.05, 0.1) is 19.9 Å². The molecule has 0 aliphatic carbocycles. The summed E-state index contributed by atoms with van der Waals surface area (Å²) >= 11 is 0. The van der Waals surface area contributed by atoms with Gasteiger partial charge >= 0.3 is 0 Å². The van der Waals surface area contributed by atoms with Gasteiger partial charge in [0.2, 0.25) is 5.95 Å². The van der Waals surface area contributed by atoms with E-state index in [0.29, 0.717) is 30.4 Å². The number of methoxy groups -OCH3 is 2. The van der Waals surface area contributed by atoms with E-state index >= 15 is 0 Å². The number of halogens is 1. The fraction of sp³-hybridized carbons (Fsp3) is 0.190. The Balaban J connectivity index is 1.60. The van der Waals surface area contributed by atoms with Crippen LogP contribution in [0.5, 0.6) is 11.5 Å². The molecule has 0 fully saturated rings. The molecule has 0 aliphatic rings. The number of nitrogens with one attached hydrogen (secondary N) is 2. The molecule has 0 spiro atoms. The number of carbonyl (C=O) groups excluding carboxylic acids is 1. The van der Waals surface area contributed by atoms with Gasteiger partial charge in [0.25, 0.3) is 5.91 Å². The van der Waals surface area contributed by atoms with Crippen LogP contribution in [0.4, 0.5) is 16.0 Å². The molecule has 1 heterocycles. The zero-order valence-electron chi connectivity index (χ0n) is 16.1. The number of carbonyl (C=O) groups is 1. The molecule has 0 saturated carbocycles. The molecule has 29 heavy (non-hydrogen) atoms. The van der Waals surface area contributed by atoms with Gasteiger partial charge in [0.15, 0.2) is 11.5 Å². The van der Waals surface area contributed by atoms with Gasteiger partial charge in [-0.05, 0) is 42.3 Å². The minimum atomic E-state index is -0.513. The van der Waals surface area contributed by atoms with Crippen LogP contribution < -0.4 is 20.1 Å². The maximum atomic E-state index is 13.7. The quantitative estimate of drug-likeness (QED) is 0.606. The lowest BCUT2D eigenvalue weighted by molar-refractivity contribution is 0.102. The minimum absolute atomic E-state index is 0.0964.